The molecular weight excluding hydrogens is 136 g/mol. The summed E-state index contributed by atoms with van der Waals surface area (Å²) < 4.78 is 0. The van der Waals surface area contributed by atoms with E-state index in [1.165, 1.54) is 10.6 Å². The fraction of sp³-hybridized carbons (Fsp3) is 1.00. The van der Waals surface area contributed by atoms with Crippen molar-refractivity contribution in [1.82, 2.24) is 0 Å². The van der Waals surface area contributed by atoms with E-state index in [0.29, 0.717) is 0 Å². The first-order chi connectivity index (χ1) is 2.41. The molecule has 0 nitrogen and oxygen atoms in total. The first kappa shape index (κ1) is 10.3. The maximum absolute atomic E-state index is 2.17. The Bertz CT molecular complexity index is 15.0. The Morgan fingerprint density at radius 3 is 1.50 bits per heavy atom. The molecule has 0 spiro atoms. The van der Waals surface area contributed by atoms with E-state index in [4.69, 9.17) is 0 Å². The molecule has 41 valence electrons. The second-order valence-electron chi connectivity index (χ2n) is 0.577. The molecule has 0 aromatic heterocycles. The predicted molar refractivity (Wildman–Crippen MR) is 29.5 cm³/mol. The average Bonchev–Trinajstić information content (AvgIpc) is 1.41. The van der Waals surface area contributed by atoms with Gasteiger partial charge in [-0.25, -0.2) is 0 Å². The number of hydrogen-bond donors (Lipinski definition) is 0. The van der Waals surface area contributed by atoms with Gasteiger partial charge in [0.2, 0.25) is 0 Å². The fourth-order valence-corrected chi connectivity index (χ4v) is 0.622. The zero-order valence-electron chi connectivity index (χ0n) is 3.72. The summed E-state index contributed by atoms with van der Waals surface area (Å²) in [5.41, 5.74) is 0. The van der Waals surface area contributed by atoms with Gasteiger partial charge < -0.3 is 0 Å². The molecule has 6 heavy (non-hydrogen) atoms. The van der Waals surface area contributed by atoms with E-state index in [1.54, 1.807) is 0 Å². The fourth-order valence-electron chi connectivity index (χ4n) is 0.151. The molecule has 2 heteroatoms. The van der Waals surface area contributed by atoms with Gasteiger partial charge >= 0.3 is 62.5 Å². The summed E-state index contributed by atoms with van der Waals surface area (Å²) in [6.45, 7) is 4.34. The minimum atomic E-state index is 0. The third-order valence-corrected chi connectivity index (χ3v) is 1.24. The Labute approximate surface area is 62.4 Å². The Hall–Kier alpha value is 1.29. The molecule has 0 aliphatic carbocycles. The summed E-state index contributed by atoms with van der Waals surface area (Å²) in [4.78, 5) is 0. The minimum absolute atomic E-state index is 0. The molecule has 0 fully saturated rings. The Kier molecular flexibility index (Phi) is 16.4. The second-order valence-corrected chi connectivity index (χ2v) is 2.38. The third-order valence-electron chi connectivity index (χ3n) is 0.302. The summed E-state index contributed by atoms with van der Waals surface area (Å²) in [7, 11) is 0. The van der Waals surface area contributed by atoms with Crippen molar-refractivity contribution >= 4 is 23.1 Å². The van der Waals surface area contributed by atoms with Crippen LogP contribution < -0.4 is 0 Å². The molecule has 0 aromatic carbocycles. The van der Waals surface area contributed by atoms with Gasteiger partial charge in [0.15, 0.2) is 0 Å². The van der Waals surface area contributed by atoms with E-state index in [9.17, 15) is 0 Å². The topological polar surface area (TPSA) is 0 Å². The van der Waals surface area contributed by atoms with Gasteiger partial charge in [-0.1, -0.05) is 0 Å². The molecule has 0 saturated heterocycles. The van der Waals surface area contributed by atoms with Crippen molar-refractivity contribution in [3.05, 3.63) is 0 Å². The summed E-state index contributed by atoms with van der Waals surface area (Å²) in [6, 6.07) is 0. The Balaban J connectivity index is 0. The molecule has 0 aliphatic rings. The van der Waals surface area contributed by atoms with Crippen molar-refractivity contribution in [3.63, 3.8) is 0 Å². The van der Waals surface area contributed by atoms with Crippen LogP contribution in [-0.4, -0.2) is 23.1 Å². The van der Waals surface area contributed by atoms with Crippen LogP contribution in [0.3, 0.4) is 0 Å². The maximum Gasteiger partial charge on any atom is 0.316 e. The smallest absolute Gasteiger partial charge is 0.316 e. The van der Waals surface area contributed by atoms with Gasteiger partial charge in [-0.15, -0.1) is 0 Å². The molecule has 0 unspecified atom stereocenters. The van der Waals surface area contributed by atoms with E-state index >= 15 is 0 Å². The van der Waals surface area contributed by atoms with Gasteiger partial charge in [0.25, 0.3) is 0 Å². The molecule has 0 heterocycles. The van der Waals surface area contributed by atoms with Crippen LogP contribution in [0.15, 0.2) is 0 Å². The van der Waals surface area contributed by atoms with Gasteiger partial charge in [0.1, 0.15) is 0 Å². The maximum atomic E-state index is 2.17. The van der Waals surface area contributed by atoms with Crippen molar-refractivity contribution in [1.29, 1.82) is 0 Å². The number of hydrogen-bond acceptors (Lipinski definition) is 0. The van der Waals surface area contributed by atoms with Crippen molar-refractivity contribution in [2.24, 2.45) is 0 Å². The second kappa shape index (κ2) is 9.56. The SMILES string of the molecule is C[CH2][Cu][CH2]C.[MgH2]. The Morgan fingerprint density at radius 2 is 1.50 bits per heavy atom. The summed E-state index contributed by atoms with van der Waals surface area (Å²) in [5.74, 6) is 0. The zero-order valence-corrected chi connectivity index (χ0v) is 4.66. The van der Waals surface area contributed by atoms with E-state index in [-0.39, 0.29) is 23.1 Å². The zero-order chi connectivity index (χ0) is 4.12. The third kappa shape index (κ3) is 8.99. The molecule has 0 aliphatic heterocycles. The minimum Gasteiger partial charge on any atom is 0.316 e. The summed E-state index contributed by atoms with van der Waals surface area (Å²) in [6.07, 6.45) is 0. The quantitative estimate of drug-likeness (QED) is 0.513. The molecule has 0 rings (SSSR count). The van der Waals surface area contributed by atoms with Crippen LogP contribution in [0.4, 0.5) is 0 Å². The largest absolute Gasteiger partial charge is 0.316 e. The molecular formula is C4H12CuMg. The monoisotopic (exact) mass is 147 g/mol. The van der Waals surface area contributed by atoms with Gasteiger partial charge in [0, 0.05) is 0 Å². The summed E-state index contributed by atoms with van der Waals surface area (Å²) >= 11 is 2.03. The van der Waals surface area contributed by atoms with Crippen LogP contribution in [0.2, 0.25) is 10.6 Å². The van der Waals surface area contributed by atoms with E-state index in [1.807, 2.05) is 15.0 Å². The first-order valence-electron chi connectivity index (χ1n) is 1.84. The summed E-state index contributed by atoms with van der Waals surface area (Å²) in [5, 5.41) is 2.50. The molecule has 0 amide bonds. The van der Waals surface area contributed by atoms with Crippen molar-refractivity contribution in [3.8, 4) is 0 Å². The van der Waals surface area contributed by atoms with Gasteiger partial charge in [-0.2, -0.15) is 0 Å². The van der Waals surface area contributed by atoms with E-state index in [2.05, 4.69) is 13.8 Å². The molecule has 0 atom stereocenters. The van der Waals surface area contributed by atoms with Crippen molar-refractivity contribution < 1.29 is 15.0 Å². The molecule has 0 N–H and O–H groups in total. The van der Waals surface area contributed by atoms with Gasteiger partial charge in [-0.05, 0) is 0 Å². The number of rotatable bonds is 2. The average molecular weight is 148 g/mol. The van der Waals surface area contributed by atoms with Gasteiger partial charge in [0.05, 0.1) is 0 Å². The van der Waals surface area contributed by atoms with E-state index in [0.717, 1.165) is 0 Å². The van der Waals surface area contributed by atoms with Crippen LogP contribution in [-0.2, 0) is 15.0 Å². The normalized spacial score (nSPS) is 7.67. The van der Waals surface area contributed by atoms with Crippen LogP contribution in [0.5, 0.6) is 0 Å². The van der Waals surface area contributed by atoms with E-state index < -0.39 is 0 Å². The Morgan fingerprint density at radius 1 is 1.17 bits per heavy atom. The molecule has 0 bridgehead atoms. The molecule has 0 saturated carbocycles. The molecule has 0 radical (unpaired) electrons. The van der Waals surface area contributed by atoms with Crippen LogP contribution in [0.1, 0.15) is 13.8 Å². The molecule has 0 aromatic rings. The predicted octanol–water partition coefficient (Wildman–Crippen LogP) is 1.03. The van der Waals surface area contributed by atoms with Crippen molar-refractivity contribution in [2.45, 2.75) is 24.5 Å². The standard InChI is InChI=1S/2C2H5.Cu.Mg.2H/c2*1-2;;;;/h2*1H2,2H3;;;;. The first-order valence-corrected chi connectivity index (χ1v) is 3.17. The van der Waals surface area contributed by atoms with Crippen LogP contribution in [0, 0.1) is 0 Å². The van der Waals surface area contributed by atoms with Crippen LogP contribution in [0.25, 0.3) is 0 Å². The van der Waals surface area contributed by atoms with Crippen LogP contribution >= 0.6 is 0 Å². The van der Waals surface area contributed by atoms with Gasteiger partial charge in [-0.3, -0.25) is 0 Å². The van der Waals surface area contributed by atoms with Crippen molar-refractivity contribution in [2.75, 3.05) is 0 Å².